The van der Waals surface area contributed by atoms with Crippen LogP contribution in [-0.4, -0.2) is 75.6 Å². The number of aliphatic hydroxyl groups excluding tert-OH is 1. The van der Waals surface area contributed by atoms with Crippen LogP contribution in [0.3, 0.4) is 0 Å². The molecule has 13 heteroatoms. The number of nitrogens with two attached hydrogens (primary N) is 2. The lowest BCUT2D eigenvalue weighted by atomic mass is 9.98. The topological polar surface area (TPSA) is 230 Å². The van der Waals surface area contributed by atoms with E-state index in [0.717, 1.165) is 10.9 Å². The van der Waals surface area contributed by atoms with E-state index < -0.39 is 66.3 Å². The Labute approximate surface area is 219 Å². The Morgan fingerprint density at radius 1 is 1.00 bits per heavy atom. The van der Waals surface area contributed by atoms with Crippen LogP contribution >= 0.6 is 0 Å². The summed E-state index contributed by atoms with van der Waals surface area (Å²) in [6.45, 7) is 2.78. The summed E-state index contributed by atoms with van der Waals surface area (Å²) in [7, 11) is 0. The molecule has 5 unspecified atom stereocenters. The van der Waals surface area contributed by atoms with E-state index in [1.807, 2.05) is 24.3 Å². The summed E-state index contributed by atoms with van der Waals surface area (Å²) < 4.78 is 0. The van der Waals surface area contributed by atoms with E-state index in [1.54, 1.807) is 20.0 Å². The highest BCUT2D eigenvalue weighted by Gasteiger charge is 2.32. The number of aromatic amines is 1. The summed E-state index contributed by atoms with van der Waals surface area (Å²) in [6, 6.07) is 2.30. The van der Waals surface area contributed by atoms with Gasteiger partial charge in [-0.25, -0.2) is 4.79 Å². The number of primary amides is 1. The largest absolute Gasteiger partial charge is 0.480 e. The van der Waals surface area contributed by atoms with E-state index in [-0.39, 0.29) is 19.3 Å². The summed E-state index contributed by atoms with van der Waals surface area (Å²) in [5, 5.41) is 27.0. The van der Waals surface area contributed by atoms with Crippen molar-refractivity contribution < 1.29 is 34.2 Å². The average Bonchev–Trinajstić information content (AvgIpc) is 3.30. The molecule has 10 N–H and O–H groups in total. The first kappa shape index (κ1) is 30.3. The number of benzene rings is 1. The maximum absolute atomic E-state index is 13.4. The van der Waals surface area contributed by atoms with Crippen LogP contribution in [0.25, 0.3) is 10.9 Å². The van der Waals surface area contributed by atoms with Crippen molar-refractivity contribution in [3.05, 3.63) is 36.0 Å². The fourth-order valence-corrected chi connectivity index (χ4v) is 3.86. The highest BCUT2D eigenvalue weighted by molar-refractivity contribution is 5.95. The first-order chi connectivity index (χ1) is 18.0. The number of aliphatic carboxylic acids is 1. The molecule has 4 amide bonds. The molecule has 0 aliphatic rings. The van der Waals surface area contributed by atoms with Crippen LogP contribution in [0.1, 0.15) is 38.7 Å². The number of amides is 4. The Kier molecular flexibility index (Phi) is 11.2. The highest BCUT2D eigenvalue weighted by Crippen LogP contribution is 2.19. The molecule has 1 aromatic heterocycles. The number of rotatable bonds is 15. The molecule has 2 aromatic rings. The Morgan fingerprint density at radius 2 is 1.63 bits per heavy atom. The minimum atomic E-state index is -1.31. The Hall–Kier alpha value is -3.97. The van der Waals surface area contributed by atoms with E-state index in [0.29, 0.717) is 12.0 Å². The smallest absolute Gasteiger partial charge is 0.326 e. The number of hydrogen-bond acceptors (Lipinski definition) is 7. The van der Waals surface area contributed by atoms with Crippen molar-refractivity contribution in [3.63, 3.8) is 0 Å². The van der Waals surface area contributed by atoms with Crippen molar-refractivity contribution in [3.8, 4) is 0 Å². The SMILES string of the molecule is CCC(C)C(NC(=O)C(CCC(N)=O)NC(=O)C(Cc1c[nH]c2ccccc12)NC(=O)C(N)CO)C(=O)O. The van der Waals surface area contributed by atoms with Crippen molar-refractivity contribution in [2.75, 3.05) is 6.61 Å². The Bertz CT molecular complexity index is 1150. The van der Waals surface area contributed by atoms with Crippen LogP contribution in [0.5, 0.6) is 0 Å². The van der Waals surface area contributed by atoms with Gasteiger partial charge in [-0.15, -0.1) is 0 Å². The molecule has 38 heavy (non-hydrogen) atoms. The van der Waals surface area contributed by atoms with Gasteiger partial charge >= 0.3 is 5.97 Å². The number of carbonyl (C=O) groups is 5. The van der Waals surface area contributed by atoms with Gasteiger partial charge in [-0.05, 0) is 24.0 Å². The number of nitrogens with one attached hydrogen (secondary N) is 4. The van der Waals surface area contributed by atoms with Gasteiger partial charge < -0.3 is 42.6 Å². The number of aliphatic hydroxyl groups is 1. The van der Waals surface area contributed by atoms with Crippen molar-refractivity contribution in [2.24, 2.45) is 17.4 Å². The second kappa shape index (κ2) is 14.1. The van der Waals surface area contributed by atoms with Crippen LogP contribution in [0.2, 0.25) is 0 Å². The second-order valence-corrected chi connectivity index (χ2v) is 9.19. The zero-order valence-corrected chi connectivity index (χ0v) is 21.4. The van der Waals surface area contributed by atoms with Crippen LogP contribution in [0.15, 0.2) is 30.5 Å². The van der Waals surface area contributed by atoms with Crippen LogP contribution in [0, 0.1) is 5.92 Å². The number of hydrogen-bond donors (Lipinski definition) is 8. The number of carbonyl (C=O) groups excluding carboxylic acids is 4. The van der Waals surface area contributed by atoms with Crippen molar-refractivity contribution in [1.29, 1.82) is 0 Å². The van der Waals surface area contributed by atoms with E-state index in [1.165, 1.54) is 0 Å². The van der Waals surface area contributed by atoms with E-state index in [4.69, 9.17) is 11.5 Å². The zero-order valence-electron chi connectivity index (χ0n) is 21.4. The molecular weight excluding hydrogens is 496 g/mol. The van der Waals surface area contributed by atoms with Gasteiger partial charge in [0, 0.05) is 29.9 Å². The number of carboxylic acid groups (broad SMARTS) is 1. The quantitative estimate of drug-likeness (QED) is 0.140. The summed E-state index contributed by atoms with van der Waals surface area (Å²) in [5.74, 6) is -4.72. The molecular formula is C25H36N6O7. The lowest BCUT2D eigenvalue weighted by Crippen LogP contribution is -2.58. The molecule has 0 saturated heterocycles. The minimum absolute atomic E-state index is 0.00845. The summed E-state index contributed by atoms with van der Waals surface area (Å²) in [4.78, 5) is 65.0. The molecule has 0 bridgehead atoms. The molecule has 5 atom stereocenters. The predicted molar refractivity (Wildman–Crippen MR) is 138 cm³/mol. The van der Waals surface area contributed by atoms with Crippen molar-refractivity contribution in [1.82, 2.24) is 20.9 Å². The number of fused-ring (bicyclic) bond motifs is 1. The molecule has 0 saturated carbocycles. The third-order valence-corrected chi connectivity index (χ3v) is 6.35. The van der Waals surface area contributed by atoms with E-state index in [2.05, 4.69) is 20.9 Å². The minimum Gasteiger partial charge on any atom is -0.480 e. The van der Waals surface area contributed by atoms with Gasteiger partial charge in [0.05, 0.1) is 6.61 Å². The summed E-state index contributed by atoms with van der Waals surface area (Å²) in [6.07, 6.45) is 1.72. The monoisotopic (exact) mass is 532 g/mol. The molecule has 13 nitrogen and oxygen atoms in total. The van der Waals surface area contributed by atoms with Crippen molar-refractivity contribution in [2.45, 2.75) is 63.7 Å². The lowest BCUT2D eigenvalue weighted by Gasteiger charge is -2.26. The molecule has 0 radical (unpaired) electrons. The maximum atomic E-state index is 13.4. The van der Waals surface area contributed by atoms with Crippen molar-refractivity contribution >= 4 is 40.5 Å². The second-order valence-electron chi connectivity index (χ2n) is 9.19. The molecule has 0 fully saturated rings. The van der Waals surface area contributed by atoms with Gasteiger partial charge in [-0.1, -0.05) is 38.5 Å². The standard InChI is InChI=1S/C25H36N6O7/c1-3-13(2)21(25(37)38)31-23(35)18(8-9-20(27)33)29-24(36)19(30-22(34)16(26)12-32)10-14-11-28-17-7-5-4-6-15(14)17/h4-7,11,13,16,18-19,21,28,32H,3,8-10,12,26H2,1-2H3,(H2,27,33)(H,29,36)(H,30,34)(H,31,35)(H,37,38). The summed E-state index contributed by atoms with van der Waals surface area (Å²) >= 11 is 0. The third kappa shape index (κ3) is 8.28. The van der Waals surface area contributed by atoms with E-state index >= 15 is 0 Å². The molecule has 0 spiro atoms. The van der Waals surface area contributed by atoms with Crippen LogP contribution in [0.4, 0.5) is 0 Å². The van der Waals surface area contributed by atoms with Gasteiger partial charge in [-0.3, -0.25) is 19.2 Å². The predicted octanol–water partition coefficient (Wildman–Crippen LogP) is -1.12. The molecule has 2 rings (SSSR count). The van der Waals surface area contributed by atoms with Gasteiger partial charge in [0.25, 0.3) is 0 Å². The van der Waals surface area contributed by atoms with Crippen LogP contribution < -0.4 is 27.4 Å². The lowest BCUT2D eigenvalue weighted by molar-refractivity contribution is -0.144. The third-order valence-electron chi connectivity index (χ3n) is 6.35. The molecule has 208 valence electrons. The maximum Gasteiger partial charge on any atom is 0.326 e. The molecule has 1 aromatic carbocycles. The molecule has 1 heterocycles. The van der Waals surface area contributed by atoms with Gasteiger partial charge in [0.1, 0.15) is 24.2 Å². The first-order valence-electron chi connectivity index (χ1n) is 12.3. The Morgan fingerprint density at radius 3 is 2.24 bits per heavy atom. The normalized spacial score (nSPS) is 15.1. The van der Waals surface area contributed by atoms with Gasteiger partial charge in [0.2, 0.25) is 23.6 Å². The fourth-order valence-electron chi connectivity index (χ4n) is 3.86. The number of aromatic nitrogens is 1. The molecule has 0 aliphatic carbocycles. The Balaban J connectivity index is 2.31. The van der Waals surface area contributed by atoms with Gasteiger partial charge in [-0.2, -0.15) is 0 Å². The highest BCUT2D eigenvalue weighted by atomic mass is 16.4. The number of H-pyrrole nitrogens is 1. The van der Waals surface area contributed by atoms with Crippen LogP contribution in [-0.2, 0) is 30.4 Å². The number of carboxylic acids is 1. The van der Waals surface area contributed by atoms with E-state index in [9.17, 15) is 34.2 Å². The first-order valence-corrected chi connectivity index (χ1v) is 12.3. The average molecular weight is 533 g/mol. The summed E-state index contributed by atoms with van der Waals surface area (Å²) in [5.41, 5.74) is 12.3. The number of para-hydroxylation sites is 1. The fraction of sp³-hybridized carbons (Fsp3) is 0.480. The molecule has 0 aliphatic heterocycles. The van der Waals surface area contributed by atoms with Gasteiger partial charge in [0.15, 0.2) is 0 Å². The zero-order chi connectivity index (χ0) is 28.4.